The third-order valence-electron chi connectivity index (χ3n) is 9.20. The van der Waals surface area contributed by atoms with Gasteiger partial charge in [0.1, 0.15) is 6.04 Å². The number of para-hydroxylation sites is 1. The number of anilines is 2. The summed E-state index contributed by atoms with van der Waals surface area (Å²) in [7, 11) is 0. The van der Waals surface area contributed by atoms with Gasteiger partial charge >= 0.3 is 0 Å². The Morgan fingerprint density at radius 1 is 1.07 bits per heavy atom. The molecule has 0 radical (unpaired) electrons. The Kier molecular flexibility index (Phi) is 8.67. The van der Waals surface area contributed by atoms with Gasteiger partial charge in [-0.25, -0.2) is 0 Å². The third kappa shape index (κ3) is 4.78. The molecule has 2 bridgehead atoms. The standard InChI is InChI=1S/C34H41N3O4S/c1-6-16-35(25-12-9-8-10-13-25)31(39)28-27-21-24(5)34(42-27)29(28)32(40)37(18-11-19-38)30(34)33(41)36(17-7-2)26-20-22(3)14-15-23(26)4/h6-10,12-15,20,24,27-30,38H,1-2,11,16-19,21H2,3-5H3/t24?,27-,28+,29+,30?,34?/m1/s1. The van der Waals surface area contributed by atoms with Crippen molar-refractivity contribution in [2.24, 2.45) is 17.8 Å². The number of amides is 3. The molecule has 1 N–H and O–H groups in total. The first kappa shape index (κ1) is 30.1. The summed E-state index contributed by atoms with van der Waals surface area (Å²) in [6, 6.07) is 14.8. The van der Waals surface area contributed by atoms with Gasteiger partial charge in [-0.2, -0.15) is 0 Å². The van der Waals surface area contributed by atoms with E-state index in [4.69, 9.17) is 0 Å². The van der Waals surface area contributed by atoms with Crippen LogP contribution in [0.4, 0.5) is 11.4 Å². The summed E-state index contributed by atoms with van der Waals surface area (Å²) >= 11 is 1.67. The highest BCUT2D eigenvalue weighted by molar-refractivity contribution is 8.02. The van der Waals surface area contributed by atoms with Crippen molar-refractivity contribution in [2.45, 2.75) is 49.7 Å². The molecule has 8 heteroatoms. The summed E-state index contributed by atoms with van der Waals surface area (Å²) in [6.07, 6.45) is 4.53. The number of fused-ring (bicyclic) bond motifs is 1. The number of rotatable bonds is 11. The molecule has 0 saturated carbocycles. The molecule has 6 atom stereocenters. The van der Waals surface area contributed by atoms with Gasteiger partial charge in [0.25, 0.3) is 5.91 Å². The second-order valence-corrected chi connectivity index (χ2v) is 13.3. The Labute approximate surface area is 253 Å². The van der Waals surface area contributed by atoms with Crippen LogP contribution in [0.1, 0.15) is 30.9 Å². The molecule has 2 aromatic rings. The molecule has 3 heterocycles. The Morgan fingerprint density at radius 3 is 2.43 bits per heavy atom. The Hall–Kier alpha value is -3.36. The van der Waals surface area contributed by atoms with E-state index < -0.39 is 22.6 Å². The van der Waals surface area contributed by atoms with Crippen LogP contribution in [0.2, 0.25) is 0 Å². The maximum absolute atomic E-state index is 14.8. The van der Waals surface area contributed by atoms with Crippen LogP contribution in [0.25, 0.3) is 0 Å². The molecule has 3 saturated heterocycles. The SMILES string of the molecule is C=CCN(C(=O)[C@@H]1[C@H]2C(=O)N(CCCO)C(C(=O)N(CC=C)c3cc(C)ccc3C)C23S[C@@H]1CC3C)c1ccccc1. The lowest BCUT2D eigenvalue weighted by Gasteiger charge is -2.41. The van der Waals surface area contributed by atoms with Crippen LogP contribution in [0, 0.1) is 31.6 Å². The van der Waals surface area contributed by atoms with Crippen LogP contribution in [0.15, 0.2) is 73.8 Å². The topological polar surface area (TPSA) is 81.2 Å². The highest BCUT2D eigenvalue weighted by Crippen LogP contribution is 2.69. The molecule has 3 unspecified atom stereocenters. The van der Waals surface area contributed by atoms with Crippen LogP contribution in [0.5, 0.6) is 0 Å². The average molecular weight is 588 g/mol. The zero-order valence-electron chi connectivity index (χ0n) is 24.7. The first-order valence-electron chi connectivity index (χ1n) is 14.8. The summed E-state index contributed by atoms with van der Waals surface area (Å²) in [5, 5.41) is 9.67. The summed E-state index contributed by atoms with van der Waals surface area (Å²) < 4.78 is -0.748. The van der Waals surface area contributed by atoms with E-state index in [9.17, 15) is 19.5 Å². The molecule has 222 valence electrons. The second kappa shape index (κ2) is 12.1. The number of hydrogen-bond acceptors (Lipinski definition) is 5. The Balaban J connectivity index is 1.60. The maximum atomic E-state index is 14.8. The van der Waals surface area contributed by atoms with E-state index in [-0.39, 0.29) is 42.0 Å². The van der Waals surface area contributed by atoms with Crippen molar-refractivity contribution in [1.29, 1.82) is 0 Å². The van der Waals surface area contributed by atoms with Gasteiger partial charge in [0.15, 0.2) is 0 Å². The normalized spacial score (nSPS) is 27.6. The lowest BCUT2D eigenvalue weighted by Crippen LogP contribution is -2.58. The first-order chi connectivity index (χ1) is 20.2. The van der Waals surface area contributed by atoms with Crippen LogP contribution in [0.3, 0.4) is 0 Å². The third-order valence-corrected chi connectivity index (χ3v) is 11.3. The molecule has 7 nitrogen and oxygen atoms in total. The molecule has 2 aromatic carbocycles. The van der Waals surface area contributed by atoms with Crippen molar-refractivity contribution >= 4 is 40.9 Å². The number of aliphatic hydroxyl groups excluding tert-OH is 1. The molecule has 0 aromatic heterocycles. The predicted octanol–water partition coefficient (Wildman–Crippen LogP) is 4.76. The van der Waals surface area contributed by atoms with Gasteiger partial charge in [0.2, 0.25) is 11.8 Å². The van der Waals surface area contributed by atoms with Crippen LogP contribution < -0.4 is 9.80 Å². The van der Waals surface area contributed by atoms with E-state index in [1.54, 1.807) is 38.6 Å². The largest absolute Gasteiger partial charge is 0.396 e. The summed E-state index contributed by atoms with van der Waals surface area (Å²) in [5.74, 6) is -1.55. The second-order valence-electron chi connectivity index (χ2n) is 11.8. The van der Waals surface area contributed by atoms with E-state index in [1.807, 2.05) is 62.4 Å². The highest BCUT2D eigenvalue weighted by atomic mass is 32.2. The van der Waals surface area contributed by atoms with Crippen molar-refractivity contribution in [1.82, 2.24) is 4.90 Å². The predicted molar refractivity (Wildman–Crippen MR) is 170 cm³/mol. The number of nitrogens with zero attached hydrogens (tertiary/aromatic N) is 3. The zero-order valence-corrected chi connectivity index (χ0v) is 25.6. The van der Waals surface area contributed by atoms with Gasteiger partial charge in [-0.05, 0) is 61.9 Å². The number of thioether (sulfide) groups is 1. The number of aryl methyl sites for hydroxylation is 2. The maximum Gasteiger partial charge on any atom is 0.251 e. The lowest BCUT2D eigenvalue weighted by molar-refractivity contribution is -0.139. The van der Waals surface area contributed by atoms with Gasteiger partial charge in [-0.1, -0.05) is 49.4 Å². The molecule has 3 fully saturated rings. The van der Waals surface area contributed by atoms with Crippen molar-refractivity contribution in [3.63, 3.8) is 0 Å². The minimum Gasteiger partial charge on any atom is -0.396 e. The van der Waals surface area contributed by atoms with Gasteiger partial charge in [0, 0.05) is 42.9 Å². The minimum atomic E-state index is -0.756. The van der Waals surface area contributed by atoms with E-state index in [0.29, 0.717) is 19.5 Å². The lowest BCUT2D eigenvalue weighted by atomic mass is 9.65. The Morgan fingerprint density at radius 2 is 1.76 bits per heavy atom. The molecular weight excluding hydrogens is 546 g/mol. The van der Waals surface area contributed by atoms with Crippen molar-refractivity contribution in [3.8, 4) is 0 Å². The van der Waals surface area contributed by atoms with Crippen LogP contribution in [-0.2, 0) is 14.4 Å². The van der Waals surface area contributed by atoms with Gasteiger partial charge < -0.3 is 19.8 Å². The number of hydrogen-bond donors (Lipinski definition) is 1. The van der Waals surface area contributed by atoms with E-state index in [0.717, 1.165) is 28.9 Å². The molecule has 42 heavy (non-hydrogen) atoms. The number of carbonyl (C=O) groups is 3. The van der Waals surface area contributed by atoms with Crippen molar-refractivity contribution < 1.29 is 19.5 Å². The minimum absolute atomic E-state index is 0.0485. The van der Waals surface area contributed by atoms with E-state index in [2.05, 4.69) is 20.1 Å². The van der Waals surface area contributed by atoms with Gasteiger partial charge in [-0.3, -0.25) is 14.4 Å². The zero-order chi connectivity index (χ0) is 30.2. The van der Waals surface area contributed by atoms with Crippen LogP contribution >= 0.6 is 11.8 Å². The van der Waals surface area contributed by atoms with E-state index >= 15 is 0 Å². The fourth-order valence-corrected chi connectivity index (χ4v) is 9.81. The molecule has 3 aliphatic heterocycles. The highest BCUT2D eigenvalue weighted by Gasteiger charge is 2.76. The van der Waals surface area contributed by atoms with Crippen LogP contribution in [-0.4, -0.2) is 70.0 Å². The Bertz CT molecular complexity index is 1380. The number of aliphatic hydroxyl groups is 1. The first-order valence-corrected chi connectivity index (χ1v) is 15.6. The molecule has 3 aliphatic rings. The smallest absolute Gasteiger partial charge is 0.251 e. The molecule has 5 rings (SSSR count). The molecule has 0 aliphatic carbocycles. The summed E-state index contributed by atoms with van der Waals surface area (Å²) in [4.78, 5) is 48.8. The fourth-order valence-electron chi connectivity index (χ4n) is 7.40. The summed E-state index contributed by atoms with van der Waals surface area (Å²) in [6.45, 7) is 14.7. The fraction of sp³-hybridized carbons (Fsp3) is 0.441. The molecule has 3 amide bonds. The molecular formula is C34H41N3O4S. The van der Waals surface area contributed by atoms with Gasteiger partial charge in [-0.15, -0.1) is 24.9 Å². The monoisotopic (exact) mass is 587 g/mol. The summed E-state index contributed by atoms with van der Waals surface area (Å²) in [5.41, 5.74) is 3.56. The van der Waals surface area contributed by atoms with Crippen molar-refractivity contribution in [3.05, 3.63) is 85.0 Å². The quantitative estimate of drug-likeness (QED) is 0.384. The average Bonchev–Trinajstić information content (AvgIpc) is 3.58. The number of carbonyl (C=O) groups excluding carboxylic acids is 3. The molecule has 1 spiro atoms. The van der Waals surface area contributed by atoms with Gasteiger partial charge in [0.05, 0.1) is 16.6 Å². The number of benzene rings is 2. The van der Waals surface area contributed by atoms with E-state index in [1.165, 1.54) is 0 Å². The number of likely N-dealkylation sites (tertiary alicyclic amines) is 1. The van der Waals surface area contributed by atoms with Crippen molar-refractivity contribution in [2.75, 3.05) is 36.0 Å².